The van der Waals surface area contributed by atoms with Crippen molar-refractivity contribution in [2.45, 2.75) is 26.8 Å². The first-order valence-electron chi connectivity index (χ1n) is 9.61. The van der Waals surface area contributed by atoms with Crippen LogP contribution in [0.2, 0.25) is 0 Å². The van der Waals surface area contributed by atoms with Gasteiger partial charge < -0.3 is 20.1 Å². The van der Waals surface area contributed by atoms with E-state index in [0.29, 0.717) is 17.2 Å². The molecular weight excluding hydrogens is 404 g/mol. The van der Waals surface area contributed by atoms with Crippen molar-refractivity contribution in [2.75, 3.05) is 13.1 Å². The fourth-order valence-electron chi connectivity index (χ4n) is 3.16. The van der Waals surface area contributed by atoms with Gasteiger partial charge in [0.1, 0.15) is 12.3 Å². The second-order valence-electron chi connectivity index (χ2n) is 7.22. The van der Waals surface area contributed by atoms with Crippen molar-refractivity contribution < 1.29 is 29.0 Å². The molecular formula is C21H22N4O6. The van der Waals surface area contributed by atoms with Crippen LogP contribution in [0.4, 0.5) is 0 Å². The van der Waals surface area contributed by atoms with Gasteiger partial charge in [-0.2, -0.15) is 0 Å². The molecule has 31 heavy (non-hydrogen) atoms. The van der Waals surface area contributed by atoms with Gasteiger partial charge >= 0.3 is 5.97 Å². The SMILES string of the molecule is Cc1ccc(Oc2ncc(CN3CCC(=O)C(C(=O)NCC(=O)O)C3=O)cc2C)cn1. The number of hydrogen-bond donors (Lipinski definition) is 2. The van der Waals surface area contributed by atoms with E-state index >= 15 is 0 Å². The average Bonchev–Trinajstić information content (AvgIpc) is 2.72. The summed E-state index contributed by atoms with van der Waals surface area (Å²) in [4.78, 5) is 57.4. The number of carbonyl (C=O) groups excluding carboxylic acids is 3. The molecule has 1 aliphatic rings. The molecule has 0 spiro atoms. The van der Waals surface area contributed by atoms with E-state index in [1.54, 1.807) is 18.5 Å². The molecule has 3 heterocycles. The number of nitrogens with zero attached hydrogens (tertiary/aromatic N) is 3. The van der Waals surface area contributed by atoms with Gasteiger partial charge in [-0.3, -0.25) is 24.2 Å². The number of aryl methyl sites for hydroxylation is 2. The van der Waals surface area contributed by atoms with Gasteiger partial charge in [-0.1, -0.05) is 0 Å². The molecule has 2 aromatic rings. The Labute approximate surface area is 178 Å². The minimum absolute atomic E-state index is 0.0188. The van der Waals surface area contributed by atoms with Crippen molar-refractivity contribution in [3.8, 4) is 11.6 Å². The molecule has 0 radical (unpaired) electrons. The van der Waals surface area contributed by atoms with Crippen LogP contribution in [0.25, 0.3) is 0 Å². The lowest BCUT2D eigenvalue weighted by molar-refractivity contribution is -0.152. The molecule has 0 saturated carbocycles. The highest BCUT2D eigenvalue weighted by Crippen LogP contribution is 2.24. The highest BCUT2D eigenvalue weighted by molar-refractivity contribution is 6.19. The number of carboxylic acids is 1. The first-order chi connectivity index (χ1) is 14.7. The molecule has 2 N–H and O–H groups in total. The summed E-state index contributed by atoms with van der Waals surface area (Å²) in [5.41, 5.74) is 2.32. The number of piperidine rings is 1. The lowest BCUT2D eigenvalue weighted by atomic mass is 9.94. The normalized spacial score (nSPS) is 16.2. The number of carbonyl (C=O) groups is 4. The zero-order valence-corrected chi connectivity index (χ0v) is 17.1. The van der Waals surface area contributed by atoms with Crippen molar-refractivity contribution in [3.05, 3.63) is 47.4 Å². The Morgan fingerprint density at radius 3 is 2.65 bits per heavy atom. The van der Waals surface area contributed by atoms with E-state index in [-0.39, 0.29) is 19.5 Å². The maximum atomic E-state index is 12.7. The van der Waals surface area contributed by atoms with Gasteiger partial charge in [-0.15, -0.1) is 0 Å². The first kappa shape index (κ1) is 21.9. The number of ketones is 1. The molecule has 2 aromatic heterocycles. The summed E-state index contributed by atoms with van der Waals surface area (Å²) in [6, 6.07) is 5.43. The highest BCUT2D eigenvalue weighted by atomic mass is 16.5. The number of hydrogen-bond acceptors (Lipinski definition) is 7. The maximum absolute atomic E-state index is 12.7. The van der Waals surface area contributed by atoms with Gasteiger partial charge in [-0.05, 0) is 37.6 Å². The number of carboxylic acid groups (broad SMARTS) is 1. The number of amides is 2. The van der Waals surface area contributed by atoms with E-state index in [0.717, 1.165) is 11.3 Å². The van der Waals surface area contributed by atoms with Crippen molar-refractivity contribution in [3.63, 3.8) is 0 Å². The lowest BCUT2D eigenvalue weighted by Gasteiger charge is -2.30. The minimum Gasteiger partial charge on any atom is -0.480 e. The van der Waals surface area contributed by atoms with Crippen LogP contribution in [-0.4, -0.2) is 56.6 Å². The van der Waals surface area contributed by atoms with Gasteiger partial charge in [0.15, 0.2) is 11.7 Å². The van der Waals surface area contributed by atoms with Crippen molar-refractivity contribution in [1.29, 1.82) is 0 Å². The fourth-order valence-corrected chi connectivity index (χ4v) is 3.16. The van der Waals surface area contributed by atoms with Crippen LogP contribution in [0.1, 0.15) is 23.2 Å². The van der Waals surface area contributed by atoms with E-state index in [4.69, 9.17) is 9.84 Å². The molecule has 1 saturated heterocycles. The quantitative estimate of drug-likeness (QED) is 0.625. The van der Waals surface area contributed by atoms with E-state index in [1.807, 2.05) is 26.0 Å². The summed E-state index contributed by atoms with van der Waals surface area (Å²) in [6.07, 6.45) is 3.18. The number of aromatic nitrogens is 2. The van der Waals surface area contributed by atoms with Crippen molar-refractivity contribution in [1.82, 2.24) is 20.2 Å². The number of rotatable bonds is 7. The topological polar surface area (TPSA) is 139 Å². The Morgan fingerprint density at radius 1 is 1.23 bits per heavy atom. The van der Waals surface area contributed by atoms with Gasteiger partial charge in [0.2, 0.25) is 17.7 Å². The van der Waals surface area contributed by atoms with Crippen LogP contribution in [0.3, 0.4) is 0 Å². The van der Waals surface area contributed by atoms with Crippen LogP contribution in [-0.2, 0) is 25.7 Å². The Kier molecular flexibility index (Phi) is 6.58. The van der Waals surface area contributed by atoms with Gasteiger partial charge in [-0.25, -0.2) is 4.98 Å². The molecule has 10 heteroatoms. The summed E-state index contributed by atoms with van der Waals surface area (Å²) < 4.78 is 5.74. The summed E-state index contributed by atoms with van der Waals surface area (Å²) in [5, 5.41) is 10.8. The van der Waals surface area contributed by atoms with Crippen LogP contribution in [0, 0.1) is 19.8 Å². The third kappa shape index (κ3) is 5.41. The first-order valence-corrected chi connectivity index (χ1v) is 9.61. The molecule has 0 bridgehead atoms. The van der Waals surface area contributed by atoms with Crippen LogP contribution in [0.5, 0.6) is 11.6 Å². The van der Waals surface area contributed by atoms with Crippen LogP contribution in [0.15, 0.2) is 30.6 Å². The number of ether oxygens (including phenoxy) is 1. The third-order valence-corrected chi connectivity index (χ3v) is 4.74. The minimum atomic E-state index is -1.53. The zero-order chi connectivity index (χ0) is 22.5. The molecule has 10 nitrogen and oxygen atoms in total. The van der Waals surface area contributed by atoms with E-state index in [2.05, 4.69) is 15.3 Å². The second kappa shape index (κ2) is 9.33. The molecule has 1 unspecified atom stereocenters. The number of aliphatic carboxylic acids is 1. The average molecular weight is 426 g/mol. The number of likely N-dealkylation sites (tertiary alicyclic amines) is 1. The van der Waals surface area contributed by atoms with Gasteiger partial charge in [0.25, 0.3) is 0 Å². The fraction of sp³-hybridized carbons (Fsp3) is 0.333. The summed E-state index contributed by atoms with van der Waals surface area (Å²) in [7, 11) is 0. The predicted molar refractivity (Wildman–Crippen MR) is 107 cm³/mol. The molecule has 2 amide bonds. The molecule has 1 fully saturated rings. The standard InChI is InChI=1S/C21H22N4O6/c1-12-7-14(8-24-20(12)31-15-4-3-13(2)22-9-15)11-25-6-5-16(26)18(21(25)30)19(29)23-10-17(27)28/h3-4,7-9,18H,5-6,10-11H2,1-2H3,(H,23,29)(H,27,28). The molecule has 0 aliphatic carbocycles. The summed E-state index contributed by atoms with van der Waals surface area (Å²) in [5.74, 6) is -3.90. The van der Waals surface area contributed by atoms with Crippen LogP contribution >= 0.6 is 0 Å². The van der Waals surface area contributed by atoms with E-state index < -0.39 is 36.0 Å². The monoisotopic (exact) mass is 426 g/mol. The van der Waals surface area contributed by atoms with E-state index in [9.17, 15) is 19.2 Å². The molecule has 3 rings (SSSR count). The van der Waals surface area contributed by atoms with Crippen molar-refractivity contribution in [2.24, 2.45) is 5.92 Å². The highest BCUT2D eigenvalue weighted by Gasteiger charge is 2.40. The maximum Gasteiger partial charge on any atom is 0.322 e. The Hall–Kier alpha value is -3.82. The summed E-state index contributed by atoms with van der Waals surface area (Å²) in [6.45, 7) is 3.37. The smallest absolute Gasteiger partial charge is 0.322 e. The second-order valence-corrected chi connectivity index (χ2v) is 7.22. The van der Waals surface area contributed by atoms with Crippen molar-refractivity contribution >= 4 is 23.6 Å². The molecule has 1 aliphatic heterocycles. The Morgan fingerprint density at radius 2 is 2.00 bits per heavy atom. The number of nitrogens with one attached hydrogen (secondary N) is 1. The molecule has 162 valence electrons. The number of Topliss-reactive ketones (excluding diaryl/α,β-unsaturated/α-hetero) is 1. The van der Waals surface area contributed by atoms with Crippen LogP contribution < -0.4 is 10.1 Å². The predicted octanol–water partition coefficient (Wildman–Crippen LogP) is 1.00. The Balaban J connectivity index is 1.68. The molecule has 0 aromatic carbocycles. The summed E-state index contributed by atoms with van der Waals surface area (Å²) >= 11 is 0. The van der Waals surface area contributed by atoms with E-state index in [1.165, 1.54) is 4.90 Å². The largest absolute Gasteiger partial charge is 0.480 e. The Bertz CT molecular complexity index is 1020. The molecule has 1 atom stereocenters. The van der Waals surface area contributed by atoms with Gasteiger partial charge in [0.05, 0.1) is 6.20 Å². The number of pyridine rings is 2. The lowest BCUT2D eigenvalue weighted by Crippen LogP contribution is -2.52. The van der Waals surface area contributed by atoms with Gasteiger partial charge in [0, 0.05) is 37.0 Å². The zero-order valence-electron chi connectivity index (χ0n) is 17.1. The third-order valence-electron chi connectivity index (χ3n) is 4.74.